The molecule has 2 rings (SSSR count). The Labute approximate surface area is 110 Å². The van der Waals surface area contributed by atoms with E-state index >= 15 is 0 Å². The molecule has 0 amide bonds. The van der Waals surface area contributed by atoms with Crippen LogP contribution < -0.4 is 4.74 Å². The summed E-state index contributed by atoms with van der Waals surface area (Å²) in [5.41, 5.74) is 1.48. The van der Waals surface area contributed by atoms with Gasteiger partial charge in [0.15, 0.2) is 17.9 Å². The molecule has 0 N–H and O–H groups in total. The summed E-state index contributed by atoms with van der Waals surface area (Å²) < 4.78 is 20.6. The SMILES string of the molecule is CCOc1ccc(-c2nc(C)n(C)c2C=O)cc1F. The lowest BCUT2D eigenvalue weighted by Gasteiger charge is -2.06. The standard InChI is InChI=1S/C14H15FN2O2/c1-4-19-13-6-5-10(7-11(13)15)14-12(8-18)17(3)9(2)16-14/h5-8H,4H2,1-3H3. The van der Waals surface area contributed by atoms with Gasteiger partial charge in [0.05, 0.1) is 12.3 Å². The van der Waals surface area contributed by atoms with Crippen molar-refractivity contribution in [1.82, 2.24) is 9.55 Å². The van der Waals surface area contributed by atoms with Gasteiger partial charge >= 0.3 is 0 Å². The number of hydrogen-bond acceptors (Lipinski definition) is 3. The van der Waals surface area contributed by atoms with E-state index in [-0.39, 0.29) is 5.75 Å². The van der Waals surface area contributed by atoms with Crippen LogP contribution in [-0.2, 0) is 7.05 Å². The number of halogens is 1. The number of aldehydes is 1. The fourth-order valence-corrected chi connectivity index (χ4v) is 1.90. The highest BCUT2D eigenvalue weighted by molar-refractivity contribution is 5.84. The van der Waals surface area contributed by atoms with Crippen molar-refractivity contribution in [1.29, 1.82) is 0 Å². The summed E-state index contributed by atoms with van der Waals surface area (Å²) >= 11 is 0. The van der Waals surface area contributed by atoms with Crippen LogP contribution in [0, 0.1) is 12.7 Å². The zero-order valence-electron chi connectivity index (χ0n) is 11.1. The third-order valence-electron chi connectivity index (χ3n) is 2.98. The van der Waals surface area contributed by atoms with Crippen LogP contribution in [0.1, 0.15) is 23.2 Å². The van der Waals surface area contributed by atoms with Crippen LogP contribution in [0.3, 0.4) is 0 Å². The number of aryl methyl sites for hydroxylation is 1. The van der Waals surface area contributed by atoms with E-state index in [9.17, 15) is 9.18 Å². The van der Waals surface area contributed by atoms with Gasteiger partial charge in [-0.3, -0.25) is 4.79 Å². The Morgan fingerprint density at radius 3 is 2.79 bits per heavy atom. The van der Waals surface area contributed by atoms with E-state index in [1.165, 1.54) is 6.07 Å². The summed E-state index contributed by atoms with van der Waals surface area (Å²) in [6.07, 6.45) is 0.726. The number of nitrogens with zero attached hydrogens (tertiary/aromatic N) is 2. The summed E-state index contributed by atoms with van der Waals surface area (Å²) in [4.78, 5) is 15.4. The maximum Gasteiger partial charge on any atom is 0.168 e. The van der Waals surface area contributed by atoms with E-state index in [4.69, 9.17) is 4.74 Å². The average Bonchev–Trinajstić information content (AvgIpc) is 2.68. The van der Waals surface area contributed by atoms with Crippen LogP contribution in [0.25, 0.3) is 11.3 Å². The van der Waals surface area contributed by atoms with Gasteiger partial charge in [0.2, 0.25) is 0 Å². The zero-order valence-corrected chi connectivity index (χ0v) is 11.1. The van der Waals surface area contributed by atoms with E-state index in [0.29, 0.717) is 29.4 Å². The predicted octanol–water partition coefficient (Wildman–Crippen LogP) is 2.75. The van der Waals surface area contributed by atoms with Gasteiger partial charge in [0, 0.05) is 12.6 Å². The van der Waals surface area contributed by atoms with Crippen LogP contribution in [0.4, 0.5) is 4.39 Å². The Morgan fingerprint density at radius 1 is 1.47 bits per heavy atom. The summed E-state index contributed by atoms with van der Waals surface area (Å²) in [6, 6.07) is 4.58. The molecule has 0 aliphatic rings. The number of ether oxygens (including phenoxy) is 1. The summed E-state index contributed by atoms with van der Waals surface area (Å²) in [5.74, 6) is 0.442. The number of rotatable bonds is 4. The van der Waals surface area contributed by atoms with E-state index in [1.807, 2.05) is 0 Å². The highest BCUT2D eigenvalue weighted by atomic mass is 19.1. The molecule has 4 nitrogen and oxygen atoms in total. The number of aromatic nitrogens is 2. The number of hydrogen-bond donors (Lipinski definition) is 0. The van der Waals surface area contributed by atoms with Gasteiger partial charge in [-0.2, -0.15) is 0 Å². The molecule has 5 heteroatoms. The molecule has 0 aliphatic carbocycles. The Kier molecular flexibility index (Phi) is 3.64. The first-order valence-corrected chi connectivity index (χ1v) is 5.99. The van der Waals surface area contributed by atoms with Crippen molar-refractivity contribution in [3.05, 3.63) is 35.5 Å². The van der Waals surface area contributed by atoms with Crippen molar-refractivity contribution in [3.8, 4) is 17.0 Å². The molecule has 1 aromatic carbocycles. The van der Waals surface area contributed by atoms with Crippen LogP contribution in [0.5, 0.6) is 5.75 Å². The van der Waals surface area contributed by atoms with E-state index in [0.717, 1.165) is 6.29 Å². The third-order valence-corrected chi connectivity index (χ3v) is 2.98. The summed E-state index contributed by atoms with van der Waals surface area (Å²) in [5, 5.41) is 0. The van der Waals surface area contributed by atoms with Gasteiger partial charge in [-0.05, 0) is 32.0 Å². The van der Waals surface area contributed by atoms with Crippen LogP contribution >= 0.6 is 0 Å². The monoisotopic (exact) mass is 262 g/mol. The molecule has 0 radical (unpaired) electrons. The van der Waals surface area contributed by atoms with Crippen molar-refractivity contribution >= 4 is 6.29 Å². The van der Waals surface area contributed by atoms with Gasteiger partial charge < -0.3 is 9.30 Å². The first-order valence-electron chi connectivity index (χ1n) is 5.99. The first kappa shape index (κ1) is 13.3. The van der Waals surface area contributed by atoms with Crippen molar-refractivity contribution in [2.24, 2.45) is 7.05 Å². The second-order valence-corrected chi connectivity index (χ2v) is 4.15. The molecular formula is C14H15FN2O2. The van der Waals surface area contributed by atoms with Crippen LogP contribution in [-0.4, -0.2) is 22.4 Å². The lowest BCUT2D eigenvalue weighted by Crippen LogP contribution is -1.98. The molecule has 1 heterocycles. The molecule has 0 fully saturated rings. The minimum absolute atomic E-state index is 0.201. The maximum absolute atomic E-state index is 13.8. The van der Waals surface area contributed by atoms with Gasteiger partial charge in [-0.1, -0.05) is 0 Å². The molecule has 0 atom stereocenters. The molecule has 19 heavy (non-hydrogen) atoms. The normalized spacial score (nSPS) is 10.5. The predicted molar refractivity (Wildman–Crippen MR) is 69.9 cm³/mol. The number of carbonyl (C=O) groups is 1. The van der Waals surface area contributed by atoms with E-state index in [2.05, 4.69) is 4.98 Å². The minimum Gasteiger partial charge on any atom is -0.491 e. The molecular weight excluding hydrogens is 247 g/mol. The first-order chi connectivity index (χ1) is 9.08. The quantitative estimate of drug-likeness (QED) is 0.796. The van der Waals surface area contributed by atoms with Crippen molar-refractivity contribution in [2.75, 3.05) is 6.61 Å². The highest BCUT2D eigenvalue weighted by Crippen LogP contribution is 2.27. The van der Waals surface area contributed by atoms with Gasteiger partial charge in [0.1, 0.15) is 11.5 Å². The van der Waals surface area contributed by atoms with Crippen molar-refractivity contribution < 1.29 is 13.9 Å². The number of benzene rings is 1. The Bertz CT molecular complexity index is 620. The van der Waals surface area contributed by atoms with E-state index in [1.54, 1.807) is 37.6 Å². The molecule has 0 saturated carbocycles. The maximum atomic E-state index is 13.8. The second kappa shape index (κ2) is 5.22. The molecule has 0 saturated heterocycles. The third kappa shape index (κ3) is 2.36. The van der Waals surface area contributed by atoms with Crippen molar-refractivity contribution in [2.45, 2.75) is 13.8 Å². The van der Waals surface area contributed by atoms with Crippen molar-refractivity contribution in [3.63, 3.8) is 0 Å². The van der Waals surface area contributed by atoms with E-state index < -0.39 is 5.82 Å². The van der Waals surface area contributed by atoms with Crippen LogP contribution in [0.15, 0.2) is 18.2 Å². The van der Waals surface area contributed by atoms with Crippen LogP contribution in [0.2, 0.25) is 0 Å². The molecule has 100 valence electrons. The largest absolute Gasteiger partial charge is 0.491 e. The van der Waals surface area contributed by atoms with Gasteiger partial charge in [0.25, 0.3) is 0 Å². The lowest BCUT2D eigenvalue weighted by molar-refractivity contribution is 0.111. The number of imidazole rings is 1. The molecule has 1 aromatic heterocycles. The minimum atomic E-state index is -0.459. The molecule has 0 bridgehead atoms. The van der Waals surface area contributed by atoms with Gasteiger partial charge in [-0.15, -0.1) is 0 Å². The number of carbonyl (C=O) groups excluding carboxylic acids is 1. The average molecular weight is 262 g/mol. The topological polar surface area (TPSA) is 44.1 Å². The lowest BCUT2D eigenvalue weighted by atomic mass is 10.1. The van der Waals surface area contributed by atoms with Gasteiger partial charge in [-0.25, -0.2) is 9.37 Å². The Balaban J connectivity index is 2.51. The summed E-state index contributed by atoms with van der Waals surface area (Å²) in [7, 11) is 1.75. The second-order valence-electron chi connectivity index (χ2n) is 4.15. The zero-order chi connectivity index (χ0) is 14.0. The fourth-order valence-electron chi connectivity index (χ4n) is 1.90. The Hall–Kier alpha value is -2.17. The smallest absolute Gasteiger partial charge is 0.168 e. The highest BCUT2D eigenvalue weighted by Gasteiger charge is 2.15. The molecule has 0 spiro atoms. The molecule has 0 aliphatic heterocycles. The Morgan fingerprint density at radius 2 is 2.21 bits per heavy atom. The molecule has 0 unspecified atom stereocenters. The summed E-state index contributed by atoms with van der Waals surface area (Å²) in [6.45, 7) is 3.99. The fraction of sp³-hybridized carbons (Fsp3) is 0.286. The molecule has 2 aromatic rings.